The first-order chi connectivity index (χ1) is 12.5. The molecule has 0 radical (unpaired) electrons. The van der Waals surface area contributed by atoms with Crippen LogP contribution in [0.15, 0.2) is 48.7 Å². The van der Waals surface area contributed by atoms with Crippen LogP contribution in [0.5, 0.6) is 0 Å². The van der Waals surface area contributed by atoms with Crippen molar-refractivity contribution in [3.05, 3.63) is 60.0 Å². The van der Waals surface area contributed by atoms with Gasteiger partial charge in [-0.3, -0.25) is 4.98 Å². The largest absolute Gasteiger partial charge is 0.352 e. The van der Waals surface area contributed by atoms with Gasteiger partial charge in [0.05, 0.1) is 11.4 Å². The Kier molecular flexibility index (Phi) is 5.41. The number of halogens is 1. The molecule has 0 saturated carbocycles. The fraction of sp³-hybridized carbons (Fsp3) is 0.250. The Labute approximate surface area is 152 Å². The minimum absolute atomic E-state index is 0.235. The van der Waals surface area contributed by atoms with Gasteiger partial charge in [-0.15, -0.1) is 0 Å². The van der Waals surface area contributed by atoms with E-state index in [1.54, 1.807) is 19.2 Å². The summed E-state index contributed by atoms with van der Waals surface area (Å²) >= 11 is 0. The van der Waals surface area contributed by atoms with Gasteiger partial charge in [0.1, 0.15) is 11.6 Å². The highest BCUT2D eigenvalue weighted by Crippen LogP contribution is 2.23. The van der Waals surface area contributed by atoms with Crippen LogP contribution in [0.4, 0.5) is 21.8 Å². The number of nitrogens with one attached hydrogen (secondary N) is 2. The molecular weight excluding hydrogens is 329 g/mol. The second-order valence-corrected chi connectivity index (χ2v) is 6.22. The zero-order valence-electron chi connectivity index (χ0n) is 15.1. The molecule has 2 N–H and O–H groups in total. The summed E-state index contributed by atoms with van der Waals surface area (Å²) in [4.78, 5) is 13.4. The molecule has 0 aliphatic rings. The van der Waals surface area contributed by atoms with Crippen molar-refractivity contribution >= 4 is 17.5 Å². The molecule has 0 aliphatic carbocycles. The SMILES string of the molecule is CC[C@@H](C)Nc1nc(Nc2ccc(C)c(F)c2)cc(-c2ccccn2)n1. The smallest absolute Gasteiger partial charge is 0.225 e. The molecule has 2 aromatic heterocycles. The van der Waals surface area contributed by atoms with Gasteiger partial charge < -0.3 is 10.6 Å². The van der Waals surface area contributed by atoms with Gasteiger partial charge in [-0.25, -0.2) is 9.37 Å². The number of pyridine rings is 1. The number of hydrogen-bond donors (Lipinski definition) is 2. The molecule has 26 heavy (non-hydrogen) atoms. The first-order valence-electron chi connectivity index (χ1n) is 8.65. The number of hydrogen-bond acceptors (Lipinski definition) is 5. The van der Waals surface area contributed by atoms with E-state index in [1.165, 1.54) is 6.07 Å². The third-order valence-corrected chi connectivity index (χ3v) is 4.09. The van der Waals surface area contributed by atoms with Crippen LogP contribution in [-0.4, -0.2) is 21.0 Å². The number of rotatable bonds is 6. The summed E-state index contributed by atoms with van der Waals surface area (Å²) in [6.07, 6.45) is 2.67. The van der Waals surface area contributed by atoms with Gasteiger partial charge in [0.2, 0.25) is 5.95 Å². The van der Waals surface area contributed by atoms with E-state index in [2.05, 4.69) is 39.4 Å². The number of aryl methyl sites for hydroxylation is 1. The Morgan fingerprint density at radius 3 is 2.62 bits per heavy atom. The second kappa shape index (κ2) is 7.91. The molecule has 0 bridgehead atoms. The quantitative estimate of drug-likeness (QED) is 0.658. The Morgan fingerprint density at radius 1 is 1.08 bits per heavy atom. The first-order valence-corrected chi connectivity index (χ1v) is 8.65. The van der Waals surface area contributed by atoms with Crippen LogP contribution < -0.4 is 10.6 Å². The maximum atomic E-state index is 13.8. The number of nitrogens with zero attached hydrogens (tertiary/aromatic N) is 3. The van der Waals surface area contributed by atoms with Crippen LogP contribution in [0.3, 0.4) is 0 Å². The molecule has 6 heteroatoms. The van der Waals surface area contributed by atoms with E-state index in [0.717, 1.165) is 12.1 Å². The molecular formula is C20H22FN5. The fourth-order valence-electron chi connectivity index (χ4n) is 2.36. The van der Waals surface area contributed by atoms with Crippen LogP contribution in [-0.2, 0) is 0 Å². The third-order valence-electron chi connectivity index (χ3n) is 4.09. The predicted octanol–water partition coefficient (Wildman–Crippen LogP) is 4.94. The zero-order valence-corrected chi connectivity index (χ0v) is 15.1. The molecule has 1 atom stereocenters. The summed E-state index contributed by atoms with van der Waals surface area (Å²) < 4.78 is 13.8. The van der Waals surface area contributed by atoms with Crippen molar-refractivity contribution in [2.45, 2.75) is 33.2 Å². The van der Waals surface area contributed by atoms with E-state index in [1.807, 2.05) is 30.3 Å². The maximum absolute atomic E-state index is 13.8. The first kappa shape index (κ1) is 17.8. The monoisotopic (exact) mass is 351 g/mol. The molecule has 0 amide bonds. The normalized spacial score (nSPS) is 11.8. The molecule has 0 saturated heterocycles. The second-order valence-electron chi connectivity index (χ2n) is 6.22. The zero-order chi connectivity index (χ0) is 18.5. The minimum Gasteiger partial charge on any atom is -0.352 e. The molecule has 0 fully saturated rings. The van der Waals surface area contributed by atoms with Crippen LogP contribution in [0, 0.1) is 12.7 Å². The molecule has 0 spiro atoms. The van der Waals surface area contributed by atoms with E-state index in [9.17, 15) is 4.39 Å². The fourth-order valence-corrected chi connectivity index (χ4v) is 2.36. The summed E-state index contributed by atoms with van der Waals surface area (Å²) in [5.41, 5.74) is 2.68. The lowest BCUT2D eigenvalue weighted by molar-refractivity contribution is 0.619. The lowest BCUT2D eigenvalue weighted by Crippen LogP contribution is -2.16. The van der Waals surface area contributed by atoms with Crippen LogP contribution in [0.25, 0.3) is 11.4 Å². The van der Waals surface area contributed by atoms with Crippen LogP contribution in [0.1, 0.15) is 25.8 Å². The van der Waals surface area contributed by atoms with Crippen molar-refractivity contribution in [1.29, 1.82) is 0 Å². The third kappa shape index (κ3) is 4.33. The van der Waals surface area contributed by atoms with Crippen molar-refractivity contribution in [3.63, 3.8) is 0 Å². The van der Waals surface area contributed by atoms with Crippen molar-refractivity contribution in [2.24, 2.45) is 0 Å². The van der Waals surface area contributed by atoms with E-state index < -0.39 is 0 Å². The van der Waals surface area contributed by atoms with Gasteiger partial charge in [0.25, 0.3) is 0 Å². The van der Waals surface area contributed by atoms with Crippen LogP contribution in [0.2, 0.25) is 0 Å². The van der Waals surface area contributed by atoms with Crippen molar-refractivity contribution in [1.82, 2.24) is 15.0 Å². The Hall–Kier alpha value is -3.02. The molecule has 5 nitrogen and oxygen atoms in total. The molecule has 3 aromatic rings. The van der Waals surface area contributed by atoms with E-state index in [4.69, 9.17) is 0 Å². The van der Waals surface area contributed by atoms with Gasteiger partial charge in [-0.05, 0) is 50.1 Å². The average molecular weight is 351 g/mol. The van der Waals surface area contributed by atoms with Gasteiger partial charge in [0, 0.05) is 24.0 Å². The average Bonchev–Trinajstić information content (AvgIpc) is 2.65. The highest BCUT2D eigenvalue weighted by Gasteiger charge is 2.10. The van der Waals surface area contributed by atoms with Crippen molar-refractivity contribution in [3.8, 4) is 11.4 Å². The minimum atomic E-state index is -0.257. The summed E-state index contributed by atoms with van der Waals surface area (Å²) in [6, 6.07) is 12.7. The van der Waals surface area contributed by atoms with E-state index in [0.29, 0.717) is 28.7 Å². The lowest BCUT2D eigenvalue weighted by atomic mass is 10.2. The number of benzene rings is 1. The van der Waals surface area contributed by atoms with Crippen molar-refractivity contribution < 1.29 is 4.39 Å². The van der Waals surface area contributed by atoms with Crippen molar-refractivity contribution in [2.75, 3.05) is 10.6 Å². The van der Waals surface area contributed by atoms with Crippen LogP contribution >= 0.6 is 0 Å². The summed E-state index contributed by atoms with van der Waals surface area (Å²) in [7, 11) is 0. The molecule has 134 valence electrons. The summed E-state index contributed by atoms with van der Waals surface area (Å²) in [5, 5.41) is 6.44. The highest BCUT2D eigenvalue weighted by atomic mass is 19.1. The predicted molar refractivity (Wildman–Crippen MR) is 103 cm³/mol. The highest BCUT2D eigenvalue weighted by molar-refractivity contribution is 5.65. The van der Waals surface area contributed by atoms with Gasteiger partial charge in [0.15, 0.2) is 0 Å². The number of aromatic nitrogens is 3. The lowest BCUT2D eigenvalue weighted by Gasteiger charge is -2.14. The van der Waals surface area contributed by atoms with Gasteiger partial charge in [-0.2, -0.15) is 4.98 Å². The summed E-state index contributed by atoms with van der Waals surface area (Å²) in [5.74, 6) is 0.833. The Bertz CT molecular complexity index is 883. The van der Waals surface area contributed by atoms with Gasteiger partial charge >= 0.3 is 0 Å². The molecule has 0 unspecified atom stereocenters. The Morgan fingerprint density at radius 2 is 1.92 bits per heavy atom. The molecule has 0 aliphatic heterocycles. The standard InChI is InChI=1S/C20H22FN5/c1-4-14(3)23-20-25-18(17-7-5-6-10-22-17)12-19(26-20)24-15-9-8-13(2)16(21)11-15/h5-12,14H,4H2,1-3H3,(H2,23,24,25,26)/t14-/m1/s1. The summed E-state index contributed by atoms with van der Waals surface area (Å²) in [6.45, 7) is 5.89. The molecule has 3 rings (SSSR count). The Balaban J connectivity index is 1.97. The van der Waals surface area contributed by atoms with Gasteiger partial charge in [-0.1, -0.05) is 19.1 Å². The van der Waals surface area contributed by atoms with E-state index in [-0.39, 0.29) is 11.9 Å². The molecule has 2 heterocycles. The number of anilines is 3. The molecule has 1 aromatic carbocycles. The topological polar surface area (TPSA) is 62.7 Å². The van der Waals surface area contributed by atoms with E-state index >= 15 is 0 Å². The maximum Gasteiger partial charge on any atom is 0.225 e.